The topological polar surface area (TPSA) is 38.3 Å². The van der Waals surface area contributed by atoms with Crippen LogP contribution >= 0.6 is 15.9 Å². The number of ether oxygens (including phenoxy) is 1. The van der Waals surface area contributed by atoms with Crippen LogP contribution in [0.25, 0.3) is 0 Å². The summed E-state index contributed by atoms with van der Waals surface area (Å²) in [6.07, 6.45) is 0.368. The van der Waals surface area contributed by atoms with Crippen LogP contribution in [0.3, 0.4) is 0 Å². The summed E-state index contributed by atoms with van der Waals surface area (Å²) >= 11 is 3.41. The predicted molar refractivity (Wildman–Crippen MR) is 96.9 cm³/mol. The third-order valence-electron chi connectivity index (χ3n) is 3.64. The molecule has 0 saturated carbocycles. The lowest BCUT2D eigenvalue weighted by atomic mass is 10.1. The fourth-order valence-corrected chi connectivity index (χ4v) is 2.67. The highest BCUT2D eigenvalue weighted by atomic mass is 79.9. The van der Waals surface area contributed by atoms with E-state index < -0.39 is 0 Å². The van der Waals surface area contributed by atoms with E-state index in [0.717, 1.165) is 15.8 Å². The van der Waals surface area contributed by atoms with E-state index in [2.05, 4.69) is 35.1 Å². The van der Waals surface area contributed by atoms with Crippen molar-refractivity contribution in [1.29, 1.82) is 0 Å². The first-order valence-electron chi connectivity index (χ1n) is 7.68. The third kappa shape index (κ3) is 5.71. The SMILES string of the molecule is Cc1ccc(OC[C@H](C)NC(=O)Cc2cccc(Br)c2)cc1C. The number of carbonyl (C=O) groups excluding carboxylic acids is 1. The molecule has 0 aliphatic carbocycles. The monoisotopic (exact) mass is 375 g/mol. The van der Waals surface area contributed by atoms with Gasteiger partial charge in [-0.2, -0.15) is 0 Å². The molecule has 0 saturated heterocycles. The Bertz CT molecular complexity index is 685. The number of aryl methyl sites for hydroxylation is 2. The van der Waals surface area contributed by atoms with E-state index in [1.165, 1.54) is 11.1 Å². The number of nitrogens with one attached hydrogen (secondary N) is 1. The van der Waals surface area contributed by atoms with Crippen LogP contribution in [0.15, 0.2) is 46.9 Å². The van der Waals surface area contributed by atoms with Crippen LogP contribution in [0.2, 0.25) is 0 Å². The second-order valence-corrected chi connectivity index (χ2v) is 6.75. The second-order valence-electron chi connectivity index (χ2n) is 5.83. The van der Waals surface area contributed by atoms with Gasteiger partial charge in [0, 0.05) is 4.47 Å². The first-order chi connectivity index (χ1) is 10.9. The van der Waals surface area contributed by atoms with Crippen molar-refractivity contribution < 1.29 is 9.53 Å². The molecule has 0 radical (unpaired) electrons. The highest BCUT2D eigenvalue weighted by molar-refractivity contribution is 9.10. The van der Waals surface area contributed by atoms with Gasteiger partial charge in [-0.05, 0) is 61.7 Å². The standard InChI is InChI=1S/C19H22BrNO2/c1-13-7-8-18(9-14(13)2)23-12-15(3)21-19(22)11-16-5-4-6-17(20)10-16/h4-10,15H,11-12H2,1-3H3,(H,21,22)/t15-/m0/s1. The van der Waals surface area contributed by atoms with Crippen LogP contribution in [0, 0.1) is 13.8 Å². The van der Waals surface area contributed by atoms with Crippen molar-refractivity contribution >= 4 is 21.8 Å². The first-order valence-corrected chi connectivity index (χ1v) is 8.47. The Labute approximate surface area is 146 Å². The molecule has 0 fully saturated rings. The molecule has 0 aliphatic rings. The Balaban J connectivity index is 1.80. The average Bonchev–Trinajstić information content (AvgIpc) is 2.48. The molecule has 1 atom stereocenters. The van der Waals surface area contributed by atoms with Crippen molar-refractivity contribution in [2.24, 2.45) is 0 Å². The van der Waals surface area contributed by atoms with Crippen molar-refractivity contribution in [3.05, 3.63) is 63.6 Å². The Morgan fingerprint density at radius 2 is 1.96 bits per heavy atom. The summed E-state index contributed by atoms with van der Waals surface area (Å²) in [5.41, 5.74) is 3.43. The summed E-state index contributed by atoms with van der Waals surface area (Å²) in [5.74, 6) is 0.834. The highest BCUT2D eigenvalue weighted by Gasteiger charge is 2.09. The summed E-state index contributed by atoms with van der Waals surface area (Å²) in [5, 5.41) is 2.96. The van der Waals surface area contributed by atoms with Crippen LogP contribution in [0.5, 0.6) is 5.75 Å². The van der Waals surface area contributed by atoms with Gasteiger partial charge in [0.05, 0.1) is 12.5 Å². The van der Waals surface area contributed by atoms with Gasteiger partial charge < -0.3 is 10.1 Å². The summed E-state index contributed by atoms with van der Waals surface area (Å²) < 4.78 is 6.73. The molecule has 1 amide bonds. The molecule has 0 aromatic heterocycles. The normalized spacial score (nSPS) is 11.8. The van der Waals surface area contributed by atoms with E-state index in [0.29, 0.717) is 13.0 Å². The summed E-state index contributed by atoms with van der Waals surface area (Å²) in [6, 6.07) is 13.7. The molecule has 4 heteroatoms. The minimum absolute atomic E-state index is 0.000660. The predicted octanol–water partition coefficient (Wildman–Crippen LogP) is 4.19. The minimum Gasteiger partial charge on any atom is -0.491 e. The third-order valence-corrected chi connectivity index (χ3v) is 4.13. The molecule has 0 bridgehead atoms. The molecule has 0 heterocycles. The number of hydrogen-bond acceptors (Lipinski definition) is 2. The molecular weight excluding hydrogens is 354 g/mol. The lowest BCUT2D eigenvalue weighted by Crippen LogP contribution is -2.37. The number of halogens is 1. The number of hydrogen-bond donors (Lipinski definition) is 1. The van der Waals surface area contributed by atoms with Gasteiger partial charge in [0.15, 0.2) is 0 Å². The molecule has 0 aliphatic heterocycles. The number of carbonyl (C=O) groups is 1. The molecule has 2 aromatic carbocycles. The van der Waals surface area contributed by atoms with Gasteiger partial charge in [0.1, 0.15) is 12.4 Å². The molecular formula is C19H22BrNO2. The Morgan fingerprint density at radius 1 is 1.17 bits per heavy atom. The van der Waals surface area contributed by atoms with Gasteiger partial charge >= 0.3 is 0 Å². The van der Waals surface area contributed by atoms with E-state index >= 15 is 0 Å². The molecule has 2 rings (SSSR count). The van der Waals surface area contributed by atoms with Crippen molar-refractivity contribution in [2.75, 3.05) is 6.61 Å². The van der Waals surface area contributed by atoms with Crippen molar-refractivity contribution in [3.8, 4) is 5.75 Å². The fraction of sp³-hybridized carbons (Fsp3) is 0.316. The molecule has 122 valence electrons. The van der Waals surface area contributed by atoms with Crippen LogP contribution < -0.4 is 10.1 Å². The van der Waals surface area contributed by atoms with Gasteiger partial charge in [-0.25, -0.2) is 0 Å². The zero-order valence-corrected chi connectivity index (χ0v) is 15.3. The van der Waals surface area contributed by atoms with E-state index in [-0.39, 0.29) is 11.9 Å². The van der Waals surface area contributed by atoms with E-state index in [9.17, 15) is 4.79 Å². The van der Waals surface area contributed by atoms with E-state index in [4.69, 9.17) is 4.74 Å². The zero-order chi connectivity index (χ0) is 16.8. The van der Waals surface area contributed by atoms with Crippen molar-refractivity contribution in [2.45, 2.75) is 33.2 Å². The van der Waals surface area contributed by atoms with Gasteiger partial charge in [0.25, 0.3) is 0 Å². The highest BCUT2D eigenvalue weighted by Crippen LogP contribution is 2.16. The molecule has 3 nitrogen and oxygen atoms in total. The van der Waals surface area contributed by atoms with Gasteiger partial charge in [-0.3, -0.25) is 4.79 Å². The van der Waals surface area contributed by atoms with Gasteiger partial charge in [0.2, 0.25) is 5.91 Å². The zero-order valence-electron chi connectivity index (χ0n) is 13.7. The fourth-order valence-electron chi connectivity index (χ4n) is 2.22. The smallest absolute Gasteiger partial charge is 0.224 e. The summed E-state index contributed by atoms with van der Waals surface area (Å²) in [6.45, 7) is 6.53. The van der Waals surface area contributed by atoms with Gasteiger partial charge in [-0.15, -0.1) is 0 Å². The van der Waals surface area contributed by atoms with Crippen molar-refractivity contribution in [1.82, 2.24) is 5.32 Å². The molecule has 2 aromatic rings. The largest absolute Gasteiger partial charge is 0.491 e. The van der Waals surface area contributed by atoms with Gasteiger partial charge in [-0.1, -0.05) is 34.1 Å². The average molecular weight is 376 g/mol. The van der Waals surface area contributed by atoms with Crippen molar-refractivity contribution in [3.63, 3.8) is 0 Å². The van der Waals surface area contributed by atoms with Crippen LogP contribution in [-0.2, 0) is 11.2 Å². The lowest BCUT2D eigenvalue weighted by molar-refractivity contribution is -0.121. The maximum Gasteiger partial charge on any atom is 0.224 e. The summed E-state index contributed by atoms with van der Waals surface area (Å²) in [4.78, 5) is 12.1. The Hall–Kier alpha value is -1.81. The number of amides is 1. The van der Waals surface area contributed by atoms with E-state index in [1.54, 1.807) is 0 Å². The molecule has 0 unspecified atom stereocenters. The number of benzene rings is 2. The molecule has 1 N–H and O–H groups in total. The Kier molecular flexibility index (Phi) is 6.22. The second kappa shape index (κ2) is 8.16. The maximum atomic E-state index is 12.1. The quantitative estimate of drug-likeness (QED) is 0.821. The van der Waals surface area contributed by atoms with E-state index in [1.807, 2.05) is 49.4 Å². The first kappa shape index (κ1) is 17.5. The lowest BCUT2D eigenvalue weighted by Gasteiger charge is -2.16. The number of rotatable bonds is 6. The van der Waals surface area contributed by atoms with Crippen LogP contribution in [0.4, 0.5) is 0 Å². The minimum atomic E-state index is -0.0451. The Morgan fingerprint density at radius 3 is 2.65 bits per heavy atom. The van der Waals surface area contributed by atoms with Crippen LogP contribution in [-0.4, -0.2) is 18.6 Å². The molecule has 23 heavy (non-hydrogen) atoms. The maximum absolute atomic E-state index is 12.1. The summed E-state index contributed by atoms with van der Waals surface area (Å²) in [7, 11) is 0. The molecule has 0 spiro atoms. The van der Waals surface area contributed by atoms with Crippen LogP contribution in [0.1, 0.15) is 23.6 Å².